The topological polar surface area (TPSA) is 34.1 Å². The van der Waals surface area contributed by atoms with Crippen LogP contribution in [0, 0.1) is 5.92 Å². The zero-order chi connectivity index (χ0) is 6.91. The SMILES string of the molecule is C=C[C@H]1CCS(=O)(=O)C1. The molecule has 9 heavy (non-hydrogen) atoms. The van der Waals surface area contributed by atoms with Crippen LogP contribution in [-0.4, -0.2) is 19.9 Å². The molecule has 3 heteroatoms. The number of rotatable bonds is 1. The Hall–Kier alpha value is -0.310. The Balaban J connectivity index is 2.68. The number of allylic oxidation sites excluding steroid dienone is 1. The van der Waals surface area contributed by atoms with Gasteiger partial charge in [0.25, 0.3) is 0 Å². The molecule has 0 aromatic carbocycles. The van der Waals surface area contributed by atoms with Gasteiger partial charge in [-0.25, -0.2) is 8.42 Å². The highest BCUT2D eigenvalue weighted by Crippen LogP contribution is 2.18. The summed E-state index contributed by atoms with van der Waals surface area (Å²) in [5, 5.41) is 0. The fraction of sp³-hybridized carbons (Fsp3) is 0.667. The second-order valence-corrected chi connectivity index (χ2v) is 4.63. The van der Waals surface area contributed by atoms with Crippen molar-refractivity contribution in [2.24, 2.45) is 5.92 Å². The molecular formula is C6H10O2S. The van der Waals surface area contributed by atoms with Crippen LogP contribution in [-0.2, 0) is 9.84 Å². The Bertz CT molecular complexity index is 203. The monoisotopic (exact) mass is 146 g/mol. The van der Waals surface area contributed by atoms with Gasteiger partial charge in [0.05, 0.1) is 11.5 Å². The lowest BCUT2D eigenvalue weighted by atomic mass is 10.1. The Labute approximate surface area is 55.5 Å². The molecule has 1 fully saturated rings. The van der Waals surface area contributed by atoms with Gasteiger partial charge in [-0.1, -0.05) is 6.08 Å². The molecule has 0 aromatic heterocycles. The lowest BCUT2D eigenvalue weighted by Gasteiger charge is -1.93. The summed E-state index contributed by atoms with van der Waals surface area (Å²) in [6.07, 6.45) is 2.50. The molecule has 0 aromatic rings. The summed E-state index contributed by atoms with van der Waals surface area (Å²) in [5.74, 6) is 0.884. The molecule has 0 amide bonds. The molecule has 1 atom stereocenters. The molecule has 0 saturated carbocycles. The van der Waals surface area contributed by atoms with E-state index in [1.165, 1.54) is 0 Å². The van der Waals surface area contributed by atoms with Gasteiger partial charge in [0.1, 0.15) is 0 Å². The molecule has 0 aliphatic carbocycles. The van der Waals surface area contributed by atoms with Crippen LogP contribution >= 0.6 is 0 Å². The zero-order valence-electron chi connectivity index (χ0n) is 5.21. The average Bonchev–Trinajstić information content (AvgIpc) is 2.10. The minimum Gasteiger partial charge on any atom is -0.229 e. The average molecular weight is 146 g/mol. The molecule has 0 N–H and O–H groups in total. The highest BCUT2D eigenvalue weighted by molar-refractivity contribution is 7.91. The van der Waals surface area contributed by atoms with Gasteiger partial charge in [-0.15, -0.1) is 6.58 Å². The summed E-state index contributed by atoms with van der Waals surface area (Å²) < 4.78 is 21.5. The first-order chi connectivity index (χ1) is 4.14. The van der Waals surface area contributed by atoms with Crippen LogP contribution in [0.15, 0.2) is 12.7 Å². The van der Waals surface area contributed by atoms with Crippen molar-refractivity contribution < 1.29 is 8.42 Å². The second-order valence-electron chi connectivity index (χ2n) is 2.40. The number of hydrogen-bond donors (Lipinski definition) is 0. The predicted octanol–water partition coefficient (Wildman–Crippen LogP) is 0.607. The smallest absolute Gasteiger partial charge is 0.150 e. The van der Waals surface area contributed by atoms with Crippen molar-refractivity contribution in [3.8, 4) is 0 Å². The van der Waals surface area contributed by atoms with E-state index in [2.05, 4.69) is 6.58 Å². The summed E-state index contributed by atoms with van der Waals surface area (Å²) in [7, 11) is -2.68. The third-order valence-electron chi connectivity index (χ3n) is 1.60. The van der Waals surface area contributed by atoms with Crippen LogP contribution in [0.1, 0.15) is 6.42 Å². The fourth-order valence-electron chi connectivity index (χ4n) is 1.01. The molecule has 0 unspecified atom stereocenters. The quantitative estimate of drug-likeness (QED) is 0.508. The molecule has 52 valence electrons. The highest BCUT2D eigenvalue weighted by Gasteiger charge is 2.24. The van der Waals surface area contributed by atoms with Crippen molar-refractivity contribution in [2.75, 3.05) is 11.5 Å². The van der Waals surface area contributed by atoms with Gasteiger partial charge < -0.3 is 0 Å². The summed E-state index contributed by atoms with van der Waals surface area (Å²) >= 11 is 0. The van der Waals surface area contributed by atoms with Gasteiger partial charge in [-0.3, -0.25) is 0 Å². The molecule has 2 nitrogen and oxygen atoms in total. The van der Waals surface area contributed by atoms with Crippen LogP contribution in [0.5, 0.6) is 0 Å². The van der Waals surface area contributed by atoms with E-state index in [0.29, 0.717) is 11.5 Å². The lowest BCUT2D eigenvalue weighted by molar-refractivity contribution is 0.601. The summed E-state index contributed by atoms with van der Waals surface area (Å²) in [5.41, 5.74) is 0. The summed E-state index contributed by atoms with van der Waals surface area (Å²) in [6.45, 7) is 3.54. The standard InChI is InChI=1S/C6H10O2S/c1-2-6-3-4-9(7,8)5-6/h2,6H,1,3-5H2/t6-/m0/s1. The first-order valence-electron chi connectivity index (χ1n) is 2.97. The van der Waals surface area contributed by atoms with E-state index in [1.807, 2.05) is 0 Å². The first kappa shape index (κ1) is 6.81. The zero-order valence-corrected chi connectivity index (χ0v) is 6.02. The summed E-state index contributed by atoms with van der Waals surface area (Å²) in [6, 6.07) is 0. The maximum atomic E-state index is 10.8. The Kier molecular flexibility index (Phi) is 1.62. The number of sulfone groups is 1. The van der Waals surface area contributed by atoms with Crippen molar-refractivity contribution in [1.82, 2.24) is 0 Å². The molecule has 1 aliphatic rings. The van der Waals surface area contributed by atoms with E-state index >= 15 is 0 Å². The largest absolute Gasteiger partial charge is 0.229 e. The maximum Gasteiger partial charge on any atom is 0.150 e. The van der Waals surface area contributed by atoms with Crippen LogP contribution in [0.25, 0.3) is 0 Å². The Morgan fingerprint density at radius 3 is 2.44 bits per heavy atom. The third kappa shape index (κ3) is 1.55. The van der Waals surface area contributed by atoms with E-state index in [1.54, 1.807) is 6.08 Å². The minimum absolute atomic E-state index is 0.218. The van der Waals surface area contributed by atoms with Gasteiger partial charge in [0, 0.05) is 0 Å². The molecule has 1 rings (SSSR count). The molecule has 0 spiro atoms. The van der Waals surface area contributed by atoms with E-state index in [4.69, 9.17) is 0 Å². The lowest BCUT2D eigenvalue weighted by Crippen LogP contribution is -2.02. The van der Waals surface area contributed by atoms with E-state index in [0.717, 1.165) is 6.42 Å². The fourth-order valence-corrected chi connectivity index (χ4v) is 2.79. The van der Waals surface area contributed by atoms with Crippen molar-refractivity contribution in [2.45, 2.75) is 6.42 Å². The first-order valence-corrected chi connectivity index (χ1v) is 4.79. The third-order valence-corrected chi connectivity index (χ3v) is 3.39. The molecule has 1 aliphatic heterocycles. The van der Waals surface area contributed by atoms with Crippen molar-refractivity contribution >= 4 is 9.84 Å². The Morgan fingerprint density at radius 1 is 1.56 bits per heavy atom. The van der Waals surface area contributed by atoms with Gasteiger partial charge in [0.2, 0.25) is 0 Å². The normalized spacial score (nSPS) is 32.2. The Morgan fingerprint density at radius 2 is 2.22 bits per heavy atom. The molecule has 0 radical (unpaired) electrons. The maximum absolute atomic E-state index is 10.8. The van der Waals surface area contributed by atoms with E-state index in [9.17, 15) is 8.42 Å². The highest BCUT2D eigenvalue weighted by atomic mass is 32.2. The van der Waals surface area contributed by atoms with Crippen molar-refractivity contribution in [1.29, 1.82) is 0 Å². The van der Waals surface area contributed by atoms with E-state index < -0.39 is 9.84 Å². The van der Waals surface area contributed by atoms with Gasteiger partial charge >= 0.3 is 0 Å². The number of hydrogen-bond acceptors (Lipinski definition) is 2. The molecule has 0 bridgehead atoms. The van der Waals surface area contributed by atoms with Crippen molar-refractivity contribution in [3.63, 3.8) is 0 Å². The van der Waals surface area contributed by atoms with E-state index in [-0.39, 0.29) is 5.92 Å². The van der Waals surface area contributed by atoms with Crippen LogP contribution in [0.2, 0.25) is 0 Å². The van der Waals surface area contributed by atoms with Crippen LogP contribution in [0.3, 0.4) is 0 Å². The molecular weight excluding hydrogens is 136 g/mol. The van der Waals surface area contributed by atoms with Crippen LogP contribution in [0.4, 0.5) is 0 Å². The predicted molar refractivity (Wildman–Crippen MR) is 37.0 cm³/mol. The van der Waals surface area contributed by atoms with Crippen LogP contribution < -0.4 is 0 Å². The van der Waals surface area contributed by atoms with Crippen molar-refractivity contribution in [3.05, 3.63) is 12.7 Å². The van der Waals surface area contributed by atoms with Gasteiger partial charge in [-0.05, 0) is 12.3 Å². The second kappa shape index (κ2) is 2.14. The van der Waals surface area contributed by atoms with Gasteiger partial charge in [-0.2, -0.15) is 0 Å². The van der Waals surface area contributed by atoms with Gasteiger partial charge in [0.15, 0.2) is 9.84 Å². The molecule has 1 heterocycles. The molecule has 1 saturated heterocycles. The summed E-state index contributed by atoms with van der Waals surface area (Å²) in [4.78, 5) is 0. The minimum atomic E-state index is -2.68.